The highest BCUT2D eigenvalue weighted by Gasteiger charge is 2.45. The highest BCUT2D eigenvalue weighted by molar-refractivity contribution is 5.79. The number of aliphatic imine (C=N–C) groups is 1. The fourth-order valence-corrected chi connectivity index (χ4v) is 3.40. The summed E-state index contributed by atoms with van der Waals surface area (Å²) in [6, 6.07) is 7.08. The van der Waals surface area contributed by atoms with Crippen molar-refractivity contribution in [1.82, 2.24) is 10.6 Å². The van der Waals surface area contributed by atoms with Crippen molar-refractivity contribution in [2.75, 3.05) is 46.6 Å². The number of benzene rings is 1. The Kier molecular flexibility index (Phi) is 6.86. The number of nitrogens with one attached hydrogen (secondary N) is 2. The molecular weight excluding hydrogens is 333 g/mol. The van der Waals surface area contributed by atoms with Crippen LogP contribution in [0.2, 0.25) is 0 Å². The van der Waals surface area contributed by atoms with Crippen LogP contribution in [-0.2, 0) is 14.9 Å². The average molecular weight is 363 g/mol. The lowest BCUT2D eigenvalue weighted by Gasteiger charge is -2.19. The predicted octanol–water partition coefficient (Wildman–Crippen LogP) is 2.47. The highest BCUT2D eigenvalue weighted by Crippen LogP contribution is 2.48. The van der Waals surface area contributed by atoms with E-state index in [0.29, 0.717) is 12.5 Å². The van der Waals surface area contributed by atoms with Gasteiger partial charge in [0.05, 0.1) is 13.2 Å². The molecule has 5 nitrogen and oxygen atoms in total. The summed E-state index contributed by atoms with van der Waals surface area (Å²) in [4.78, 5) is 4.26. The molecule has 144 valence electrons. The number of hydrogen-bond acceptors (Lipinski definition) is 3. The maximum Gasteiger partial charge on any atom is 0.191 e. The van der Waals surface area contributed by atoms with E-state index in [2.05, 4.69) is 15.6 Å². The van der Waals surface area contributed by atoms with Gasteiger partial charge in [-0.3, -0.25) is 4.99 Å². The molecule has 2 fully saturated rings. The van der Waals surface area contributed by atoms with Gasteiger partial charge < -0.3 is 20.1 Å². The molecule has 1 saturated heterocycles. The van der Waals surface area contributed by atoms with E-state index in [0.717, 1.165) is 70.2 Å². The van der Waals surface area contributed by atoms with Gasteiger partial charge in [0.1, 0.15) is 5.82 Å². The quantitative estimate of drug-likeness (QED) is 0.402. The van der Waals surface area contributed by atoms with E-state index in [-0.39, 0.29) is 11.2 Å². The number of ether oxygens (including phenoxy) is 2. The van der Waals surface area contributed by atoms with Crippen LogP contribution in [0.1, 0.15) is 31.2 Å². The number of halogens is 1. The van der Waals surface area contributed by atoms with Gasteiger partial charge in [-0.25, -0.2) is 4.39 Å². The second-order valence-electron chi connectivity index (χ2n) is 7.27. The molecule has 2 N–H and O–H groups in total. The monoisotopic (exact) mass is 363 g/mol. The second kappa shape index (κ2) is 9.33. The summed E-state index contributed by atoms with van der Waals surface area (Å²) in [5.74, 6) is 1.21. The summed E-state index contributed by atoms with van der Waals surface area (Å²) < 4.78 is 25.1. The molecule has 0 aromatic heterocycles. The first kappa shape index (κ1) is 19.1. The lowest BCUT2D eigenvalue weighted by molar-refractivity contribution is 0.0888. The van der Waals surface area contributed by atoms with Crippen molar-refractivity contribution in [3.8, 4) is 0 Å². The van der Waals surface area contributed by atoms with E-state index < -0.39 is 0 Å². The van der Waals surface area contributed by atoms with Gasteiger partial charge in [0.15, 0.2) is 5.96 Å². The van der Waals surface area contributed by atoms with Crippen molar-refractivity contribution in [2.45, 2.75) is 31.1 Å². The standard InChI is InChI=1S/C20H30FN3O2/c1-22-19(23-10-4-11-25-13-16-7-12-26-14-16)24-15-20(8-9-20)17-5-2-3-6-18(17)21/h2-3,5-6,16H,4,7-15H2,1H3,(H2,22,23,24). The van der Waals surface area contributed by atoms with Gasteiger partial charge in [0.25, 0.3) is 0 Å². The van der Waals surface area contributed by atoms with Gasteiger partial charge in [-0.2, -0.15) is 0 Å². The summed E-state index contributed by atoms with van der Waals surface area (Å²) in [6.45, 7) is 4.72. The zero-order valence-corrected chi connectivity index (χ0v) is 15.6. The topological polar surface area (TPSA) is 54.9 Å². The Morgan fingerprint density at radius 1 is 1.35 bits per heavy atom. The number of guanidine groups is 1. The van der Waals surface area contributed by atoms with Crippen LogP contribution in [0.25, 0.3) is 0 Å². The van der Waals surface area contributed by atoms with E-state index in [1.54, 1.807) is 19.2 Å². The lowest BCUT2D eigenvalue weighted by atomic mass is 9.95. The first-order valence-corrected chi connectivity index (χ1v) is 9.58. The van der Waals surface area contributed by atoms with Gasteiger partial charge in [0, 0.05) is 44.7 Å². The van der Waals surface area contributed by atoms with Gasteiger partial charge >= 0.3 is 0 Å². The third-order valence-electron chi connectivity index (χ3n) is 5.25. The molecule has 1 aliphatic heterocycles. The highest BCUT2D eigenvalue weighted by atomic mass is 19.1. The maximum absolute atomic E-state index is 14.1. The first-order valence-electron chi connectivity index (χ1n) is 9.58. The molecule has 0 radical (unpaired) electrons. The molecule has 1 aliphatic carbocycles. The Morgan fingerprint density at radius 3 is 2.88 bits per heavy atom. The molecule has 3 rings (SSSR count). The zero-order valence-electron chi connectivity index (χ0n) is 15.6. The minimum atomic E-state index is -0.112. The Bertz CT molecular complexity index is 598. The van der Waals surface area contributed by atoms with E-state index in [9.17, 15) is 4.39 Å². The first-order chi connectivity index (χ1) is 12.7. The summed E-state index contributed by atoms with van der Waals surface area (Å²) in [5.41, 5.74) is 0.724. The van der Waals surface area contributed by atoms with Crippen molar-refractivity contribution in [3.63, 3.8) is 0 Å². The summed E-state index contributed by atoms with van der Waals surface area (Å²) in [6.07, 6.45) is 4.05. The van der Waals surface area contributed by atoms with E-state index >= 15 is 0 Å². The molecule has 0 spiro atoms. The van der Waals surface area contributed by atoms with Crippen molar-refractivity contribution in [3.05, 3.63) is 35.6 Å². The van der Waals surface area contributed by atoms with Crippen LogP contribution in [-0.4, -0.2) is 52.5 Å². The molecule has 1 aromatic carbocycles. The smallest absolute Gasteiger partial charge is 0.191 e. The average Bonchev–Trinajstić information content (AvgIpc) is 3.26. The molecule has 1 atom stereocenters. The van der Waals surface area contributed by atoms with Crippen LogP contribution in [0.3, 0.4) is 0 Å². The van der Waals surface area contributed by atoms with Crippen molar-refractivity contribution in [1.29, 1.82) is 0 Å². The van der Waals surface area contributed by atoms with E-state index in [4.69, 9.17) is 9.47 Å². The van der Waals surface area contributed by atoms with Gasteiger partial charge in [-0.15, -0.1) is 0 Å². The number of nitrogens with zero attached hydrogens (tertiary/aromatic N) is 1. The molecule has 0 amide bonds. The fraction of sp³-hybridized carbons (Fsp3) is 0.650. The summed E-state index contributed by atoms with van der Waals surface area (Å²) >= 11 is 0. The molecule has 6 heteroatoms. The van der Waals surface area contributed by atoms with E-state index in [1.807, 2.05) is 12.1 Å². The van der Waals surface area contributed by atoms with Crippen molar-refractivity contribution < 1.29 is 13.9 Å². The molecule has 1 heterocycles. The second-order valence-corrected chi connectivity index (χ2v) is 7.27. The number of hydrogen-bond donors (Lipinski definition) is 2. The lowest BCUT2D eigenvalue weighted by Crippen LogP contribution is -2.42. The molecule has 1 aromatic rings. The van der Waals surface area contributed by atoms with Crippen molar-refractivity contribution in [2.24, 2.45) is 10.9 Å². The van der Waals surface area contributed by atoms with Crippen LogP contribution < -0.4 is 10.6 Å². The van der Waals surface area contributed by atoms with Crippen LogP contribution in [0.5, 0.6) is 0 Å². The summed E-state index contributed by atoms with van der Waals surface area (Å²) in [5, 5.41) is 6.65. The van der Waals surface area contributed by atoms with Gasteiger partial charge in [-0.05, 0) is 37.3 Å². The molecular formula is C20H30FN3O2. The van der Waals surface area contributed by atoms with E-state index in [1.165, 1.54) is 0 Å². The maximum atomic E-state index is 14.1. The molecule has 0 bridgehead atoms. The third-order valence-corrected chi connectivity index (χ3v) is 5.25. The molecule has 1 saturated carbocycles. The zero-order chi connectivity index (χ0) is 18.2. The fourth-order valence-electron chi connectivity index (χ4n) is 3.40. The SMILES string of the molecule is CN=C(NCCCOCC1CCOC1)NCC1(c2ccccc2F)CC1. The number of rotatable bonds is 9. The predicted molar refractivity (Wildman–Crippen MR) is 101 cm³/mol. The largest absolute Gasteiger partial charge is 0.381 e. The summed E-state index contributed by atoms with van der Waals surface area (Å²) in [7, 11) is 1.76. The minimum absolute atomic E-state index is 0.0879. The van der Waals surface area contributed by atoms with Crippen LogP contribution in [0.15, 0.2) is 29.3 Å². The van der Waals surface area contributed by atoms with Crippen LogP contribution >= 0.6 is 0 Å². The molecule has 1 unspecified atom stereocenters. The van der Waals surface area contributed by atoms with Gasteiger partial charge in [0.2, 0.25) is 0 Å². The Hall–Kier alpha value is -1.66. The third kappa shape index (κ3) is 5.17. The normalized spacial score (nSPS) is 21.6. The molecule has 26 heavy (non-hydrogen) atoms. The Balaban J connectivity index is 1.33. The molecule has 2 aliphatic rings. The van der Waals surface area contributed by atoms with Crippen LogP contribution in [0.4, 0.5) is 4.39 Å². The minimum Gasteiger partial charge on any atom is -0.381 e. The Labute approximate surface area is 155 Å². The van der Waals surface area contributed by atoms with Crippen LogP contribution in [0, 0.1) is 11.7 Å². The van der Waals surface area contributed by atoms with Gasteiger partial charge in [-0.1, -0.05) is 18.2 Å². The Morgan fingerprint density at radius 2 is 2.19 bits per heavy atom. The van der Waals surface area contributed by atoms with Crippen molar-refractivity contribution >= 4 is 5.96 Å².